The monoisotopic (exact) mass is 421 g/mol. The molecule has 154 valence electrons. The standard InChI is InChI=1S/C26H25ClFNO/c27-20-3-1-2-17(12-20)13-25(30)19-15-26(16-19)9-6-18(7-10-26)22-8-11-29-24-5-4-21(28)14-23(22)24/h1-5,8,11-12,14,18-19H,6-7,9-10,13,15-16H2. The maximum absolute atomic E-state index is 13.8. The maximum atomic E-state index is 13.8. The number of pyridine rings is 1. The Labute approximate surface area is 181 Å². The SMILES string of the molecule is O=C(Cc1cccc(Cl)c1)C1CC2(CCC(c3ccnc4ccc(F)cc34)CC2)C1. The summed E-state index contributed by atoms with van der Waals surface area (Å²) in [5.41, 5.74) is 3.43. The molecule has 1 aromatic heterocycles. The minimum Gasteiger partial charge on any atom is -0.299 e. The molecule has 0 amide bonds. The van der Waals surface area contributed by atoms with E-state index in [0.29, 0.717) is 28.6 Å². The fourth-order valence-corrected chi connectivity index (χ4v) is 5.86. The smallest absolute Gasteiger partial charge is 0.140 e. The van der Waals surface area contributed by atoms with Crippen LogP contribution in [0.1, 0.15) is 55.6 Å². The number of nitrogens with zero attached hydrogens (tertiary/aromatic N) is 1. The molecule has 2 nitrogen and oxygen atoms in total. The Morgan fingerprint density at radius 1 is 1.10 bits per heavy atom. The molecule has 4 heteroatoms. The van der Waals surface area contributed by atoms with E-state index in [-0.39, 0.29) is 11.7 Å². The van der Waals surface area contributed by atoms with Gasteiger partial charge in [-0.3, -0.25) is 9.78 Å². The minimum atomic E-state index is -0.205. The second-order valence-corrected chi connectivity index (χ2v) is 9.65. The lowest BCUT2D eigenvalue weighted by Gasteiger charge is -2.51. The molecule has 1 spiro atoms. The zero-order valence-corrected chi connectivity index (χ0v) is 17.7. The van der Waals surface area contributed by atoms with Gasteiger partial charge in [0, 0.05) is 28.9 Å². The van der Waals surface area contributed by atoms with Crippen LogP contribution >= 0.6 is 11.6 Å². The van der Waals surface area contributed by atoms with Crippen molar-refractivity contribution in [2.24, 2.45) is 11.3 Å². The van der Waals surface area contributed by atoms with Gasteiger partial charge in [0.15, 0.2) is 0 Å². The minimum absolute atomic E-state index is 0.191. The average Bonchev–Trinajstić information content (AvgIpc) is 2.71. The number of hydrogen-bond acceptors (Lipinski definition) is 2. The highest BCUT2D eigenvalue weighted by atomic mass is 35.5. The molecule has 2 aliphatic carbocycles. The second kappa shape index (κ2) is 7.77. The van der Waals surface area contributed by atoms with Crippen molar-refractivity contribution in [1.82, 2.24) is 4.98 Å². The summed E-state index contributed by atoms with van der Waals surface area (Å²) in [4.78, 5) is 17.1. The van der Waals surface area contributed by atoms with Gasteiger partial charge in [0.1, 0.15) is 11.6 Å². The van der Waals surface area contributed by atoms with Gasteiger partial charge in [0.2, 0.25) is 0 Å². The van der Waals surface area contributed by atoms with Gasteiger partial charge in [-0.05, 0) is 97.4 Å². The van der Waals surface area contributed by atoms with Crippen molar-refractivity contribution < 1.29 is 9.18 Å². The van der Waals surface area contributed by atoms with Crippen molar-refractivity contribution in [1.29, 1.82) is 0 Å². The van der Waals surface area contributed by atoms with Crippen molar-refractivity contribution in [2.45, 2.75) is 50.9 Å². The Bertz CT molecular complexity index is 1100. The predicted octanol–water partition coefficient (Wildman–Crippen LogP) is 6.89. The first kappa shape index (κ1) is 19.7. The van der Waals surface area contributed by atoms with E-state index in [1.165, 1.54) is 11.6 Å². The highest BCUT2D eigenvalue weighted by molar-refractivity contribution is 6.30. The summed E-state index contributed by atoms with van der Waals surface area (Å²) < 4.78 is 13.8. The van der Waals surface area contributed by atoms with Crippen molar-refractivity contribution in [3.63, 3.8) is 0 Å². The molecule has 0 bridgehead atoms. The van der Waals surface area contributed by atoms with Crippen LogP contribution in [0, 0.1) is 17.2 Å². The first-order chi connectivity index (χ1) is 14.5. The van der Waals surface area contributed by atoms with Gasteiger partial charge in [-0.1, -0.05) is 23.7 Å². The van der Waals surface area contributed by atoms with E-state index in [4.69, 9.17) is 11.6 Å². The van der Waals surface area contributed by atoms with Crippen LogP contribution in [0.25, 0.3) is 10.9 Å². The molecule has 3 aromatic rings. The molecule has 1 heterocycles. The number of carbonyl (C=O) groups excluding carboxylic acids is 1. The van der Waals surface area contributed by atoms with Crippen molar-refractivity contribution in [3.05, 3.63) is 76.7 Å². The number of rotatable bonds is 4. The van der Waals surface area contributed by atoms with Crippen LogP contribution in [-0.4, -0.2) is 10.8 Å². The lowest BCUT2D eigenvalue weighted by Crippen LogP contribution is -2.43. The summed E-state index contributed by atoms with van der Waals surface area (Å²) in [7, 11) is 0. The first-order valence-electron chi connectivity index (χ1n) is 10.8. The largest absolute Gasteiger partial charge is 0.299 e. The summed E-state index contributed by atoms with van der Waals surface area (Å²) in [6, 6.07) is 14.5. The molecule has 2 fully saturated rings. The summed E-state index contributed by atoms with van der Waals surface area (Å²) in [6.45, 7) is 0. The van der Waals surface area contributed by atoms with Gasteiger partial charge in [-0.2, -0.15) is 0 Å². The number of halogens is 2. The summed E-state index contributed by atoms with van der Waals surface area (Å²) in [5.74, 6) is 0.783. The van der Waals surface area contributed by atoms with E-state index in [9.17, 15) is 9.18 Å². The zero-order valence-electron chi connectivity index (χ0n) is 16.9. The number of benzene rings is 2. The molecule has 0 atom stereocenters. The third-order valence-electron chi connectivity index (χ3n) is 7.30. The normalized spacial score (nSPS) is 25.9. The van der Waals surface area contributed by atoms with Gasteiger partial charge < -0.3 is 0 Å². The number of ketones is 1. The van der Waals surface area contributed by atoms with Crippen LogP contribution < -0.4 is 0 Å². The summed E-state index contributed by atoms with van der Waals surface area (Å²) in [6.07, 6.45) is 8.87. The molecule has 2 saturated carbocycles. The van der Waals surface area contributed by atoms with E-state index in [1.54, 1.807) is 12.1 Å². The third-order valence-corrected chi connectivity index (χ3v) is 7.54. The molecule has 0 unspecified atom stereocenters. The quantitative estimate of drug-likeness (QED) is 0.459. The van der Waals surface area contributed by atoms with Crippen molar-refractivity contribution >= 4 is 28.3 Å². The molecule has 0 N–H and O–H groups in total. The van der Waals surface area contributed by atoms with Gasteiger partial charge in [-0.25, -0.2) is 4.39 Å². The fraction of sp³-hybridized carbons (Fsp3) is 0.385. The van der Waals surface area contributed by atoms with Crippen molar-refractivity contribution in [2.75, 3.05) is 0 Å². The molecule has 2 aliphatic rings. The highest BCUT2D eigenvalue weighted by Gasteiger charge is 2.48. The molecule has 0 aliphatic heterocycles. The lowest BCUT2D eigenvalue weighted by molar-refractivity contribution is -0.131. The number of fused-ring (bicyclic) bond motifs is 1. The van der Waals surface area contributed by atoms with Crippen LogP contribution in [0.3, 0.4) is 0 Å². The van der Waals surface area contributed by atoms with Gasteiger partial charge in [-0.15, -0.1) is 0 Å². The number of Topliss-reactive ketones (excluding diaryl/α,β-unsaturated/α-hetero) is 1. The molecule has 0 saturated heterocycles. The Morgan fingerprint density at radius 3 is 2.67 bits per heavy atom. The fourth-order valence-electron chi connectivity index (χ4n) is 5.65. The molecule has 2 aromatic carbocycles. The van der Waals surface area contributed by atoms with E-state index >= 15 is 0 Å². The first-order valence-corrected chi connectivity index (χ1v) is 11.2. The molecule has 0 radical (unpaired) electrons. The van der Waals surface area contributed by atoms with E-state index < -0.39 is 0 Å². The Kier molecular flexibility index (Phi) is 5.10. The summed E-state index contributed by atoms with van der Waals surface area (Å²) >= 11 is 6.05. The highest BCUT2D eigenvalue weighted by Crippen LogP contribution is 2.57. The van der Waals surface area contributed by atoms with E-state index in [1.807, 2.05) is 30.5 Å². The number of aromatic nitrogens is 1. The van der Waals surface area contributed by atoms with Crippen LogP contribution in [0.15, 0.2) is 54.7 Å². The average molecular weight is 422 g/mol. The van der Waals surface area contributed by atoms with Gasteiger partial charge in [0.05, 0.1) is 5.52 Å². The second-order valence-electron chi connectivity index (χ2n) is 9.21. The van der Waals surface area contributed by atoms with Crippen LogP contribution in [0.5, 0.6) is 0 Å². The lowest BCUT2D eigenvalue weighted by atomic mass is 9.53. The summed E-state index contributed by atoms with van der Waals surface area (Å²) in [5, 5.41) is 1.63. The number of hydrogen-bond donors (Lipinski definition) is 0. The Morgan fingerprint density at radius 2 is 1.90 bits per heavy atom. The van der Waals surface area contributed by atoms with E-state index in [0.717, 1.165) is 55.0 Å². The zero-order chi connectivity index (χ0) is 20.7. The number of carbonyl (C=O) groups is 1. The van der Waals surface area contributed by atoms with Crippen LogP contribution in [0.4, 0.5) is 4.39 Å². The predicted molar refractivity (Wildman–Crippen MR) is 118 cm³/mol. The third kappa shape index (κ3) is 3.76. The van der Waals surface area contributed by atoms with Gasteiger partial charge in [0.25, 0.3) is 0 Å². The van der Waals surface area contributed by atoms with Gasteiger partial charge >= 0.3 is 0 Å². The van der Waals surface area contributed by atoms with Crippen molar-refractivity contribution in [3.8, 4) is 0 Å². The molecule has 30 heavy (non-hydrogen) atoms. The Hall–Kier alpha value is -2.26. The topological polar surface area (TPSA) is 30.0 Å². The molecular formula is C26H25ClFNO. The molecular weight excluding hydrogens is 397 g/mol. The van der Waals surface area contributed by atoms with Crippen LogP contribution in [-0.2, 0) is 11.2 Å². The van der Waals surface area contributed by atoms with Crippen LogP contribution in [0.2, 0.25) is 5.02 Å². The van der Waals surface area contributed by atoms with E-state index in [2.05, 4.69) is 11.1 Å². The maximum Gasteiger partial charge on any atom is 0.140 e. The molecule has 5 rings (SSSR count). The Balaban J connectivity index is 1.21.